The molecular weight excluding hydrogens is 468 g/mol. The number of piperazine rings is 1. The lowest BCUT2D eigenvalue weighted by Crippen LogP contribution is -2.48. The summed E-state index contributed by atoms with van der Waals surface area (Å²) in [6.45, 7) is 3.97. The summed E-state index contributed by atoms with van der Waals surface area (Å²) in [6, 6.07) is 15.6. The van der Waals surface area contributed by atoms with E-state index in [2.05, 4.69) is 26.6 Å². The number of benzene rings is 2. The number of ether oxygens (including phenoxy) is 3. The predicted molar refractivity (Wildman–Crippen MR) is 130 cm³/mol. The molecule has 3 aromatic rings. The number of hydrogen-bond acceptors (Lipinski definition) is 8. The third-order valence-corrected chi connectivity index (χ3v) is 7.67. The van der Waals surface area contributed by atoms with Crippen LogP contribution in [0.25, 0.3) is 0 Å². The number of likely N-dealkylation sites (N-methyl/N-ethyl adjacent to an activating group) is 1. The normalized spacial score (nSPS) is 17.3. The minimum Gasteiger partial charge on any atom is -0.456 e. The number of aromatic nitrogens is 1. The van der Waals surface area contributed by atoms with Gasteiger partial charge in [0.1, 0.15) is 11.5 Å². The fraction of sp³-hybridized carbons (Fsp3) is 0.320. The molecule has 0 spiro atoms. The van der Waals surface area contributed by atoms with Gasteiger partial charge < -0.3 is 19.1 Å². The van der Waals surface area contributed by atoms with Crippen molar-refractivity contribution in [1.29, 1.82) is 0 Å². The van der Waals surface area contributed by atoms with Gasteiger partial charge in [0, 0.05) is 45.0 Å². The fourth-order valence-electron chi connectivity index (χ4n) is 4.21. The number of sulfonamides is 1. The maximum Gasteiger partial charge on any atom is 0.240 e. The second-order valence-corrected chi connectivity index (χ2v) is 10.3. The summed E-state index contributed by atoms with van der Waals surface area (Å²) in [6.07, 6.45) is 3.26. The molecule has 10 heteroatoms. The lowest BCUT2D eigenvalue weighted by molar-refractivity contribution is 0.112. The molecule has 0 saturated carbocycles. The molecule has 1 atom stereocenters. The van der Waals surface area contributed by atoms with Crippen molar-refractivity contribution >= 4 is 10.0 Å². The second kappa shape index (κ2) is 10.2. The molecule has 2 aromatic carbocycles. The van der Waals surface area contributed by atoms with Crippen molar-refractivity contribution in [2.24, 2.45) is 0 Å². The molecule has 0 amide bonds. The van der Waals surface area contributed by atoms with E-state index in [1.165, 1.54) is 0 Å². The van der Waals surface area contributed by atoms with Crippen LogP contribution in [0.5, 0.6) is 23.0 Å². The molecule has 0 aliphatic carbocycles. The minimum absolute atomic E-state index is 0.138. The van der Waals surface area contributed by atoms with E-state index >= 15 is 0 Å². The molecule has 35 heavy (non-hydrogen) atoms. The van der Waals surface area contributed by atoms with Crippen LogP contribution in [0, 0.1) is 0 Å². The van der Waals surface area contributed by atoms with Crippen LogP contribution < -0.4 is 18.9 Å². The molecule has 184 valence electrons. The van der Waals surface area contributed by atoms with Crippen LogP contribution in [-0.4, -0.2) is 69.8 Å². The van der Waals surface area contributed by atoms with Gasteiger partial charge in [-0.15, -0.1) is 0 Å². The molecule has 2 aliphatic rings. The SMILES string of the molecule is CN1CCN(C(CNS(=O)(=O)c2ccc(Oc3cccnc3)cc2)c2ccc3c(c2)OCO3)CC1. The summed E-state index contributed by atoms with van der Waals surface area (Å²) >= 11 is 0. The zero-order chi connectivity index (χ0) is 24.3. The van der Waals surface area contributed by atoms with Gasteiger partial charge >= 0.3 is 0 Å². The summed E-state index contributed by atoms with van der Waals surface area (Å²) in [7, 11) is -1.63. The molecule has 1 N–H and O–H groups in total. The Hall–Kier alpha value is -3.18. The van der Waals surface area contributed by atoms with E-state index in [4.69, 9.17) is 14.2 Å². The van der Waals surface area contributed by atoms with Gasteiger partial charge in [-0.1, -0.05) is 6.07 Å². The highest BCUT2D eigenvalue weighted by Gasteiger charge is 2.27. The van der Waals surface area contributed by atoms with E-state index in [0.717, 1.165) is 31.7 Å². The summed E-state index contributed by atoms with van der Waals surface area (Å²) in [5, 5.41) is 0. The Bertz CT molecular complexity index is 1250. The number of rotatable bonds is 8. The Balaban J connectivity index is 1.31. The van der Waals surface area contributed by atoms with Crippen LogP contribution >= 0.6 is 0 Å². The maximum atomic E-state index is 13.1. The Kier molecular flexibility index (Phi) is 6.87. The zero-order valence-electron chi connectivity index (χ0n) is 19.5. The third-order valence-electron chi connectivity index (χ3n) is 6.23. The number of nitrogens with one attached hydrogen (secondary N) is 1. The topological polar surface area (TPSA) is 93.2 Å². The Labute approximate surface area is 205 Å². The second-order valence-electron chi connectivity index (χ2n) is 8.58. The van der Waals surface area contributed by atoms with Crippen LogP contribution in [0.4, 0.5) is 0 Å². The van der Waals surface area contributed by atoms with Gasteiger partial charge in [0.05, 0.1) is 11.1 Å². The first kappa shape index (κ1) is 23.6. The van der Waals surface area contributed by atoms with Crippen molar-refractivity contribution in [3.05, 3.63) is 72.6 Å². The lowest BCUT2D eigenvalue weighted by Gasteiger charge is -2.38. The zero-order valence-corrected chi connectivity index (χ0v) is 20.3. The fourth-order valence-corrected chi connectivity index (χ4v) is 5.25. The molecule has 5 rings (SSSR count). The van der Waals surface area contributed by atoms with Gasteiger partial charge in [-0.05, 0) is 61.1 Å². The quantitative estimate of drug-likeness (QED) is 0.509. The summed E-state index contributed by atoms with van der Waals surface area (Å²) in [5.74, 6) is 2.52. The molecule has 0 radical (unpaired) electrons. The van der Waals surface area contributed by atoms with Crippen LogP contribution in [0.15, 0.2) is 71.9 Å². The standard InChI is InChI=1S/C25H28N4O5S/c1-28-11-13-29(14-12-28)23(19-4-9-24-25(15-19)33-18-32-24)17-27-35(30,31)22-7-5-20(6-8-22)34-21-3-2-10-26-16-21/h2-10,15-16,23,27H,11-14,17-18H2,1H3. The summed E-state index contributed by atoms with van der Waals surface area (Å²) in [5.41, 5.74) is 0.988. The van der Waals surface area contributed by atoms with Crippen LogP contribution in [-0.2, 0) is 10.0 Å². The van der Waals surface area contributed by atoms with E-state index in [-0.39, 0.29) is 24.3 Å². The molecule has 1 saturated heterocycles. The average Bonchev–Trinajstić information content (AvgIpc) is 3.34. The lowest BCUT2D eigenvalue weighted by atomic mass is 10.0. The highest BCUT2D eigenvalue weighted by Crippen LogP contribution is 2.35. The van der Waals surface area contributed by atoms with E-state index < -0.39 is 10.0 Å². The Morgan fingerprint density at radius 1 is 1.00 bits per heavy atom. The maximum absolute atomic E-state index is 13.1. The summed E-state index contributed by atoms with van der Waals surface area (Å²) < 4.78 is 45.8. The number of hydrogen-bond donors (Lipinski definition) is 1. The van der Waals surface area contributed by atoms with Crippen LogP contribution in [0.2, 0.25) is 0 Å². The summed E-state index contributed by atoms with van der Waals surface area (Å²) in [4.78, 5) is 8.77. The largest absolute Gasteiger partial charge is 0.456 e. The highest BCUT2D eigenvalue weighted by molar-refractivity contribution is 7.89. The van der Waals surface area contributed by atoms with Gasteiger partial charge in [-0.2, -0.15) is 0 Å². The molecule has 1 unspecified atom stereocenters. The van der Waals surface area contributed by atoms with Gasteiger partial charge in [0.2, 0.25) is 16.8 Å². The number of fused-ring (bicyclic) bond motifs is 1. The Morgan fingerprint density at radius 3 is 2.51 bits per heavy atom. The number of nitrogens with zero attached hydrogens (tertiary/aromatic N) is 3. The molecule has 3 heterocycles. The molecule has 1 fully saturated rings. The smallest absolute Gasteiger partial charge is 0.240 e. The van der Waals surface area contributed by atoms with Gasteiger partial charge in [-0.3, -0.25) is 9.88 Å². The Morgan fingerprint density at radius 2 is 1.77 bits per heavy atom. The van der Waals surface area contributed by atoms with Gasteiger partial charge in [-0.25, -0.2) is 13.1 Å². The van der Waals surface area contributed by atoms with Crippen molar-refractivity contribution < 1.29 is 22.6 Å². The third kappa shape index (κ3) is 5.57. The number of pyridine rings is 1. The molecule has 0 bridgehead atoms. The van der Waals surface area contributed by atoms with Crippen molar-refractivity contribution in [2.45, 2.75) is 10.9 Å². The first-order chi connectivity index (χ1) is 17.0. The average molecular weight is 497 g/mol. The van der Waals surface area contributed by atoms with Crippen molar-refractivity contribution in [3.63, 3.8) is 0 Å². The van der Waals surface area contributed by atoms with E-state index in [0.29, 0.717) is 23.0 Å². The van der Waals surface area contributed by atoms with E-state index in [9.17, 15) is 8.42 Å². The minimum atomic E-state index is -3.72. The van der Waals surface area contributed by atoms with Crippen molar-refractivity contribution in [3.8, 4) is 23.0 Å². The first-order valence-corrected chi connectivity index (χ1v) is 13.0. The molecule has 1 aromatic heterocycles. The van der Waals surface area contributed by atoms with Crippen LogP contribution in [0.3, 0.4) is 0 Å². The van der Waals surface area contributed by atoms with Gasteiger partial charge in [0.25, 0.3) is 0 Å². The van der Waals surface area contributed by atoms with E-state index in [1.807, 2.05) is 18.2 Å². The molecule has 9 nitrogen and oxygen atoms in total. The molecule has 2 aliphatic heterocycles. The first-order valence-electron chi connectivity index (χ1n) is 11.5. The van der Waals surface area contributed by atoms with Crippen molar-refractivity contribution in [2.75, 3.05) is 46.6 Å². The molecular formula is C25H28N4O5S. The highest BCUT2D eigenvalue weighted by atomic mass is 32.2. The monoisotopic (exact) mass is 496 g/mol. The van der Waals surface area contributed by atoms with Crippen LogP contribution in [0.1, 0.15) is 11.6 Å². The predicted octanol–water partition coefficient (Wildman–Crippen LogP) is 2.87. The van der Waals surface area contributed by atoms with Crippen molar-refractivity contribution in [1.82, 2.24) is 19.5 Å². The van der Waals surface area contributed by atoms with E-state index in [1.54, 1.807) is 48.8 Å². The van der Waals surface area contributed by atoms with Gasteiger partial charge in [0.15, 0.2) is 11.5 Å².